The number of H-pyrrole nitrogens is 1. The van der Waals surface area contributed by atoms with Gasteiger partial charge in [-0.05, 0) is 50.3 Å². The molecule has 0 saturated carbocycles. The van der Waals surface area contributed by atoms with Gasteiger partial charge in [-0.25, -0.2) is 9.78 Å². The van der Waals surface area contributed by atoms with Crippen LogP contribution < -0.4 is 0 Å². The second-order valence-corrected chi connectivity index (χ2v) is 9.15. The molecule has 1 aliphatic heterocycles. The van der Waals surface area contributed by atoms with Crippen LogP contribution in [0.5, 0.6) is 0 Å². The highest BCUT2D eigenvalue weighted by atomic mass is 79.9. The molecule has 1 aliphatic carbocycles. The first kappa shape index (κ1) is 25.5. The number of aryl methyl sites for hydroxylation is 1. The molecule has 4 N–H and O–H groups in total. The van der Waals surface area contributed by atoms with Crippen molar-refractivity contribution < 1.29 is 19.8 Å². The standard InChI is InChI=1S/C24H20BrClN6O3.H2O/c1-2-3-8-18-27-22(26)21(24(33)34)32(18)11-16-13-9-10-35-12-17(13)20(25)19(16)14-6-4-5-7-15(14)23-28-30-31-29-23;/h4-7,9-10,12H,2-3,8,11H2,1H3,(H,33,34)(H,28,29,30,31);1H2. The summed E-state index contributed by atoms with van der Waals surface area (Å²) in [6, 6.07) is 9.60. The largest absolute Gasteiger partial charge is 0.476 e. The smallest absolute Gasteiger partial charge is 0.355 e. The minimum Gasteiger partial charge on any atom is -0.476 e. The number of unbranched alkanes of at least 4 members (excludes halogenated alkanes) is 1. The number of tetrazole rings is 1. The van der Waals surface area contributed by atoms with Crippen LogP contribution in [0.2, 0.25) is 5.15 Å². The van der Waals surface area contributed by atoms with Crippen LogP contribution in [0.15, 0.2) is 51.7 Å². The van der Waals surface area contributed by atoms with E-state index in [1.54, 1.807) is 17.1 Å². The molecule has 2 aliphatic rings. The number of halogens is 2. The number of carboxylic acid groups (broad SMARTS) is 1. The summed E-state index contributed by atoms with van der Waals surface area (Å²) >= 11 is 10.1. The maximum absolute atomic E-state index is 12.2. The van der Waals surface area contributed by atoms with Crippen molar-refractivity contribution in [2.75, 3.05) is 0 Å². The minimum absolute atomic E-state index is 0. The fourth-order valence-electron chi connectivity index (χ4n) is 4.34. The quantitative estimate of drug-likeness (QED) is 0.261. The topological polar surface area (TPSA) is 154 Å². The van der Waals surface area contributed by atoms with Gasteiger partial charge in [0.1, 0.15) is 5.82 Å². The van der Waals surface area contributed by atoms with Gasteiger partial charge in [-0.2, -0.15) is 5.21 Å². The predicted molar refractivity (Wildman–Crippen MR) is 137 cm³/mol. The zero-order valence-corrected chi connectivity index (χ0v) is 21.5. The van der Waals surface area contributed by atoms with Gasteiger partial charge in [0.05, 0.1) is 19.1 Å². The maximum Gasteiger partial charge on any atom is 0.355 e. The van der Waals surface area contributed by atoms with Crippen molar-refractivity contribution in [1.29, 1.82) is 0 Å². The highest BCUT2D eigenvalue weighted by Crippen LogP contribution is 2.48. The summed E-state index contributed by atoms with van der Waals surface area (Å²) in [5.41, 5.74) is 5.18. The van der Waals surface area contributed by atoms with Gasteiger partial charge in [0, 0.05) is 27.6 Å². The zero-order valence-electron chi connectivity index (χ0n) is 19.1. The first-order valence-corrected chi connectivity index (χ1v) is 12.2. The summed E-state index contributed by atoms with van der Waals surface area (Å²) in [7, 11) is 0. The van der Waals surface area contributed by atoms with Crippen LogP contribution >= 0.6 is 27.5 Å². The number of imidazole rings is 1. The molecule has 0 bridgehead atoms. The number of rotatable bonds is 8. The minimum atomic E-state index is -1.12. The normalized spacial score (nSPS) is 11.1. The zero-order chi connectivity index (χ0) is 24.5. The molecule has 0 spiro atoms. The molecule has 0 fully saturated rings. The van der Waals surface area contributed by atoms with Gasteiger partial charge >= 0.3 is 5.97 Å². The lowest BCUT2D eigenvalue weighted by Crippen LogP contribution is -2.13. The van der Waals surface area contributed by atoms with E-state index in [1.807, 2.05) is 30.3 Å². The third-order valence-electron chi connectivity index (χ3n) is 5.93. The van der Waals surface area contributed by atoms with Crippen LogP contribution in [0.1, 0.15) is 41.6 Å². The van der Waals surface area contributed by atoms with Crippen LogP contribution in [0.4, 0.5) is 0 Å². The molecule has 3 heterocycles. The van der Waals surface area contributed by atoms with E-state index in [-0.39, 0.29) is 22.9 Å². The van der Waals surface area contributed by atoms with Gasteiger partial charge < -0.3 is 19.6 Å². The number of nitrogens with one attached hydrogen (secondary N) is 1. The van der Waals surface area contributed by atoms with Gasteiger partial charge in [-0.1, -0.05) is 49.2 Å². The molecule has 36 heavy (non-hydrogen) atoms. The Morgan fingerprint density at radius 3 is 2.67 bits per heavy atom. The van der Waals surface area contributed by atoms with E-state index in [4.69, 9.17) is 16.0 Å². The van der Waals surface area contributed by atoms with Crippen molar-refractivity contribution in [3.63, 3.8) is 0 Å². The summed E-state index contributed by atoms with van der Waals surface area (Å²) in [5, 5.41) is 24.5. The molecule has 3 aromatic rings. The summed E-state index contributed by atoms with van der Waals surface area (Å²) < 4.78 is 7.99. The van der Waals surface area contributed by atoms with Gasteiger partial charge in [-0.15, -0.1) is 10.2 Å². The predicted octanol–water partition coefficient (Wildman–Crippen LogP) is 5.11. The molecule has 5 rings (SSSR count). The summed E-state index contributed by atoms with van der Waals surface area (Å²) in [5.74, 6) is -0.0319. The van der Waals surface area contributed by atoms with Crippen LogP contribution in [-0.4, -0.2) is 46.7 Å². The Balaban J connectivity index is 0.00000304. The number of hydrogen-bond acceptors (Lipinski definition) is 6. The Morgan fingerprint density at radius 1 is 1.19 bits per heavy atom. The second-order valence-electron chi connectivity index (χ2n) is 7.99. The van der Waals surface area contributed by atoms with Crippen molar-refractivity contribution in [2.24, 2.45) is 0 Å². The van der Waals surface area contributed by atoms with Crippen molar-refractivity contribution in [3.05, 3.63) is 69.6 Å². The molecule has 1 aromatic carbocycles. The number of aromatic carboxylic acids is 1. The number of aromatic nitrogens is 6. The molecule has 0 radical (unpaired) electrons. The van der Waals surface area contributed by atoms with Crippen LogP contribution in [0.25, 0.3) is 33.6 Å². The molecule has 12 heteroatoms. The third-order valence-corrected chi connectivity index (χ3v) is 7.02. The Morgan fingerprint density at radius 2 is 1.97 bits per heavy atom. The van der Waals surface area contributed by atoms with Crippen LogP contribution in [0.3, 0.4) is 0 Å². The molecule has 2 aromatic heterocycles. The van der Waals surface area contributed by atoms with E-state index in [1.165, 1.54) is 0 Å². The monoisotopic (exact) mass is 572 g/mol. The Labute approximate surface area is 219 Å². The molecular formula is C24H22BrClN6O4. The number of aromatic amines is 1. The van der Waals surface area contributed by atoms with Crippen molar-refractivity contribution in [1.82, 2.24) is 30.2 Å². The number of carboxylic acids is 1. The van der Waals surface area contributed by atoms with E-state index in [9.17, 15) is 9.90 Å². The van der Waals surface area contributed by atoms with Gasteiger partial charge in [0.15, 0.2) is 10.8 Å². The first-order valence-electron chi connectivity index (χ1n) is 11.0. The third kappa shape index (κ3) is 4.41. The van der Waals surface area contributed by atoms with E-state index >= 15 is 0 Å². The average Bonchev–Trinajstić information content (AvgIpc) is 3.56. The first-order chi connectivity index (χ1) is 17.0. The lowest BCUT2D eigenvalue weighted by molar-refractivity contribution is 0.0685. The molecule has 0 unspecified atom stereocenters. The highest BCUT2D eigenvalue weighted by Gasteiger charge is 2.29. The molecule has 0 atom stereocenters. The van der Waals surface area contributed by atoms with Crippen LogP contribution in [0, 0.1) is 0 Å². The molecule has 186 valence electrons. The lowest BCUT2D eigenvalue weighted by Gasteiger charge is -2.14. The van der Waals surface area contributed by atoms with E-state index in [2.05, 4.69) is 48.5 Å². The van der Waals surface area contributed by atoms with Crippen molar-refractivity contribution >= 4 is 33.5 Å². The van der Waals surface area contributed by atoms with E-state index in [0.717, 1.165) is 50.7 Å². The summed E-state index contributed by atoms with van der Waals surface area (Å²) in [6.45, 7) is 2.33. The van der Waals surface area contributed by atoms with Crippen molar-refractivity contribution in [2.45, 2.75) is 32.7 Å². The molecule has 10 nitrogen and oxygen atoms in total. The number of nitrogens with zero attached hydrogens (tertiary/aromatic N) is 5. The fraction of sp³-hybridized carbons (Fsp3) is 0.208. The number of carbonyl (C=O) groups is 1. The SMILES string of the molecule is CCCCc1nc(Cl)c(C(=O)O)n1Cc1c2ccocc-2c(Br)c1-c1ccccc1-c1nn[nH]n1.O. The lowest BCUT2D eigenvalue weighted by atomic mass is 9.97. The Kier molecular flexibility index (Phi) is 7.53. The summed E-state index contributed by atoms with van der Waals surface area (Å²) in [4.78, 5) is 16.6. The number of fused-ring (bicyclic) bond motifs is 1. The van der Waals surface area contributed by atoms with Crippen molar-refractivity contribution in [3.8, 4) is 33.6 Å². The van der Waals surface area contributed by atoms with Gasteiger partial charge in [0.2, 0.25) is 5.82 Å². The summed E-state index contributed by atoms with van der Waals surface area (Å²) in [6.07, 6.45) is 5.70. The number of benzene rings is 1. The molecule has 0 saturated heterocycles. The van der Waals surface area contributed by atoms with E-state index in [0.29, 0.717) is 18.1 Å². The molecular weight excluding hydrogens is 552 g/mol. The van der Waals surface area contributed by atoms with E-state index < -0.39 is 5.97 Å². The second kappa shape index (κ2) is 10.6. The number of hydrogen-bond donors (Lipinski definition) is 2. The molecule has 0 amide bonds. The fourth-order valence-corrected chi connectivity index (χ4v) is 5.39. The Hall–Kier alpha value is -3.54. The van der Waals surface area contributed by atoms with Gasteiger partial charge in [-0.3, -0.25) is 0 Å². The highest BCUT2D eigenvalue weighted by molar-refractivity contribution is 9.10. The van der Waals surface area contributed by atoms with Gasteiger partial charge in [0.25, 0.3) is 0 Å². The average molecular weight is 574 g/mol. The maximum atomic E-state index is 12.2. The van der Waals surface area contributed by atoms with Crippen LogP contribution in [-0.2, 0) is 13.0 Å². The Bertz CT molecular complexity index is 1480.